The first-order chi connectivity index (χ1) is 10.3. The van der Waals surface area contributed by atoms with Crippen molar-refractivity contribution in [2.45, 2.75) is 57.8 Å². The van der Waals surface area contributed by atoms with Gasteiger partial charge in [-0.25, -0.2) is 0 Å². The number of anilines is 1. The zero-order valence-electron chi connectivity index (χ0n) is 14.2. The standard InChI is InChI=1S/C15H26BN3O3/c1-14(2)15(3,4)22-16(21-14)12-10-19(5)18-13(12)17-11-6-8-20-9-7-11/h10-11H,6-9H2,1-5H3,(H,17,18). The van der Waals surface area contributed by atoms with E-state index in [1.807, 2.05) is 17.9 Å². The quantitative estimate of drug-likeness (QED) is 0.853. The molecule has 22 heavy (non-hydrogen) atoms. The predicted octanol–water partition coefficient (Wildman–Crippen LogP) is 1.31. The molecular weight excluding hydrogens is 281 g/mol. The fraction of sp³-hybridized carbons (Fsp3) is 0.800. The second-order valence-corrected chi connectivity index (χ2v) is 7.23. The second kappa shape index (κ2) is 5.55. The highest BCUT2D eigenvalue weighted by Gasteiger charge is 2.52. The second-order valence-electron chi connectivity index (χ2n) is 7.23. The SMILES string of the molecule is Cn1cc(B2OC(C)(C)C(C)(C)O2)c(NC2CCOCC2)n1. The van der Waals surface area contributed by atoms with Gasteiger partial charge in [-0.1, -0.05) is 0 Å². The predicted molar refractivity (Wildman–Crippen MR) is 86.4 cm³/mol. The molecule has 0 amide bonds. The van der Waals surface area contributed by atoms with Gasteiger partial charge in [0.25, 0.3) is 0 Å². The minimum Gasteiger partial charge on any atom is -0.399 e. The first kappa shape index (κ1) is 15.8. The van der Waals surface area contributed by atoms with Crippen LogP contribution in [0.2, 0.25) is 0 Å². The normalized spacial score (nSPS) is 24.7. The minimum atomic E-state index is -0.388. The summed E-state index contributed by atoms with van der Waals surface area (Å²) in [7, 11) is 1.53. The van der Waals surface area contributed by atoms with Crippen molar-refractivity contribution in [2.75, 3.05) is 18.5 Å². The lowest BCUT2D eigenvalue weighted by atomic mass is 9.80. The third-order valence-electron chi connectivity index (χ3n) is 4.93. The van der Waals surface area contributed by atoms with Crippen LogP contribution in [0.4, 0.5) is 5.82 Å². The van der Waals surface area contributed by atoms with E-state index in [-0.39, 0.29) is 18.3 Å². The monoisotopic (exact) mass is 307 g/mol. The van der Waals surface area contributed by atoms with E-state index in [2.05, 4.69) is 38.1 Å². The van der Waals surface area contributed by atoms with E-state index < -0.39 is 0 Å². The van der Waals surface area contributed by atoms with Crippen LogP contribution in [-0.4, -0.2) is 47.4 Å². The third kappa shape index (κ3) is 2.89. The van der Waals surface area contributed by atoms with Gasteiger partial charge in [0.15, 0.2) is 0 Å². The van der Waals surface area contributed by atoms with Gasteiger partial charge in [0, 0.05) is 38.0 Å². The molecule has 6 nitrogen and oxygen atoms in total. The first-order valence-corrected chi connectivity index (χ1v) is 8.02. The maximum absolute atomic E-state index is 6.15. The van der Waals surface area contributed by atoms with E-state index in [4.69, 9.17) is 14.0 Å². The van der Waals surface area contributed by atoms with Gasteiger partial charge in [0.1, 0.15) is 5.82 Å². The van der Waals surface area contributed by atoms with Crippen molar-refractivity contribution >= 4 is 18.4 Å². The van der Waals surface area contributed by atoms with E-state index in [1.54, 1.807) is 0 Å². The van der Waals surface area contributed by atoms with E-state index in [9.17, 15) is 0 Å². The Kier molecular flexibility index (Phi) is 3.99. The molecule has 122 valence electrons. The molecule has 1 aromatic rings. The zero-order chi connectivity index (χ0) is 16.0. The maximum Gasteiger partial charge on any atom is 0.500 e. The molecule has 3 heterocycles. The number of ether oxygens (including phenoxy) is 1. The number of nitrogens with zero attached hydrogens (tertiary/aromatic N) is 2. The van der Waals surface area contributed by atoms with Gasteiger partial charge in [0.2, 0.25) is 0 Å². The summed E-state index contributed by atoms with van der Waals surface area (Å²) >= 11 is 0. The molecule has 7 heteroatoms. The summed E-state index contributed by atoms with van der Waals surface area (Å²) in [4.78, 5) is 0. The molecular formula is C15H26BN3O3. The van der Waals surface area contributed by atoms with Crippen molar-refractivity contribution in [2.24, 2.45) is 7.05 Å². The molecule has 1 aromatic heterocycles. The maximum atomic E-state index is 6.15. The Balaban J connectivity index is 1.80. The Morgan fingerprint density at radius 3 is 2.36 bits per heavy atom. The molecule has 2 fully saturated rings. The lowest BCUT2D eigenvalue weighted by Gasteiger charge is -2.32. The molecule has 2 aliphatic heterocycles. The Labute approximate surface area is 132 Å². The fourth-order valence-electron chi connectivity index (χ4n) is 2.80. The smallest absolute Gasteiger partial charge is 0.399 e. The Hall–Kier alpha value is -1.05. The van der Waals surface area contributed by atoms with Crippen LogP contribution >= 0.6 is 0 Å². The lowest BCUT2D eigenvalue weighted by molar-refractivity contribution is 0.00578. The third-order valence-corrected chi connectivity index (χ3v) is 4.93. The number of hydrogen-bond acceptors (Lipinski definition) is 5. The van der Waals surface area contributed by atoms with Crippen LogP contribution in [0.15, 0.2) is 6.20 Å². The van der Waals surface area contributed by atoms with Crippen molar-refractivity contribution in [3.63, 3.8) is 0 Å². The molecule has 2 aliphatic rings. The van der Waals surface area contributed by atoms with Crippen LogP contribution < -0.4 is 10.8 Å². The zero-order valence-corrected chi connectivity index (χ0v) is 14.2. The lowest BCUT2D eigenvalue weighted by Crippen LogP contribution is -2.41. The van der Waals surface area contributed by atoms with Crippen molar-refractivity contribution in [1.82, 2.24) is 9.78 Å². The first-order valence-electron chi connectivity index (χ1n) is 8.02. The number of aromatic nitrogens is 2. The Morgan fingerprint density at radius 1 is 1.18 bits per heavy atom. The largest absolute Gasteiger partial charge is 0.500 e. The fourth-order valence-corrected chi connectivity index (χ4v) is 2.80. The summed E-state index contributed by atoms with van der Waals surface area (Å²) in [6.45, 7) is 9.86. The van der Waals surface area contributed by atoms with E-state index >= 15 is 0 Å². The van der Waals surface area contributed by atoms with Gasteiger partial charge >= 0.3 is 7.12 Å². The van der Waals surface area contributed by atoms with Gasteiger partial charge in [-0.05, 0) is 40.5 Å². The van der Waals surface area contributed by atoms with Gasteiger partial charge in [-0.15, -0.1) is 0 Å². The summed E-state index contributed by atoms with van der Waals surface area (Å²) in [5.74, 6) is 0.855. The molecule has 0 bridgehead atoms. The van der Waals surface area contributed by atoms with Crippen LogP contribution in [0.3, 0.4) is 0 Å². The molecule has 0 saturated carbocycles. The number of aryl methyl sites for hydroxylation is 1. The van der Waals surface area contributed by atoms with Crippen LogP contribution in [0, 0.1) is 0 Å². The van der Waals surface area contributed by atoms with E-state index in [0.29, 0.717) is 6.04 Å². The highest BCUT2D eigenvalue weighted by Crippen LogP contribution is 2.37. The molecule has 1 N–H and O–H groups in total. The highest BCUT2D eigenvalue weighted by atomic mass is 16.7. The molecule has 0 aromatic carbocycles. The average molecular weight is 307 g/mol. The van der Waals surface area contributed by atoms with E-state index in [1.165, 1.54) is 0 Å². The molecule has 3 rings (SSSR count). The topological polar surface area (TPSA) is 57.5 Å². The molecule has 0 unspecified atom stereocenters. The van der Waals surface area contributed by atoms with Crippen molar-refractivity contribution < 1.29 is 14.0 Å². The van der Waals surface area contributed by atoms with Crippen LogP contribution in [-0.2, 0) is 21.1 Å². The molecule has 0 radical (unpaired) electrons. The van der Waals surface area contributed by atoms with Crippen LogP contribution in [0.25, 0.3) is 0 Å². The van der Waals surface area contributed by atoms with Crippen LogP contribution in [0.5, 0.6) is 0 Å². The minimum absolute atomic E-state index is 0.344. The van der Waals surface area contributed by atoms with Crippen molar-refractivity contribution in [3.8, 4) is 0 Å². The molecule has 0 atom stereocenters. The Bertz CT molecular complexity index is 522. The molecule has 0 aliphatic carbocycles. The summed E-state index contributed by atoms with van der Waals surface area (Å²) in [6.07, 6.45) is 3.97. The highest BCUT2D eigenvalue weighted by molar-refractivity contribution is 6.63. The summed E-state index contributed by atoms with van der Waals surface area (Å²) in [5, 5.41) is 8.08. The van der Waals surface area contributed by atoms with Crippen LogP contribution in [0.1, 0.15) is 40.5 Å². The number of nitrogens with one attached hydrogen (secondary N) is 1. The van der Waals surface area contributed by atoms with E-state index in [0.717, 1.165) is 37.3 Å². The molecule has 0 spiro atoms. The number of hydrogen-bond donors (Lipinski definition) is 1. The summed E-state index contributed by atoms with van der Waals surface area (Å²) in [5.41, 5.74) is 0.278. The summed E-state index contributed by atoms with van der Waals surface area (Å²) in [6, 6.07) is 0.393. The molecule has 2 saturated heterocycles. The van der Waals surface area contributed by atoms with Gasteiger partial charge in [-0.3, -0.25) is 4.68 Å². The van der Waals surface area contributed by atoms with Gasteiger partial charge in [0.05, 0.1) is 11.2 Å². The van der Waals surface area contributed by atoms with Crippen molar-refractivity contribution in [1.29, 1.82) is 0 Å². The van der Waals surface area contributed by atoms with Crippen molar-refractivity contribution in [3.05, 3.63) is 6.20 Å². The van der Waals surface area contributed by atoms with Gasteiger partial charge in [-0.2, -0.15) is 5.10 Å². The Morgan fingerprint density at radius 2 is 1.77 bits per heavy atom. The van der Waals surface area contributed by atoms with Gasteiger partial charge < -0.3 is 19.4 Å². The average Bonchev–Trinajstić information content (AvgIpc) is 2.88. The summed E-state index contributed by atoms with van der Waals surface area (Å²) < 4.78 is 19.5. The number of rotatable bonds is 3.